The minimum absolute atomic E-state index is 0.199. The summed E-state index contributed by atoms with van der Waals surface area (Å²) in [4.78, 5) is 11.9. The molecular formula is C12H21Cl2NO2. The maximum Gasteiger partial charge on any atom is 0.256 e. The molecule has 2 atom stereocenters. The first kappa shape index (κ1) is 15.1. The SMILES string of the molecule is CCCCC(Cl)(Cl)C(=O)N[C@@H]1CCCC[C@H]1O. The smallest absolute Gasteiger partial charge is 0.256 e. The van der Waals surface area contributed by atoms with E-state index in [1.165, 1.54) is 0 Å². The molecule has 1 amide bonds. The summed E-state index contributed by atoms with van der Waals surface area (Å²) in [6, 6.07) is -0.199. The molecule has 0 aromatic rings. The van der Waals surface area contributed by atoms with Crippen LogP contribution in [0.3, 0.4) is 0 Å². The van der Waals surface area contributed by atoms with E-state index in [-0.39, 0.29) is 11.9 Å². The minimum Gasteiger partial charge on any atom is -0.391 e. The molecule has 1 aliphatic carbocycles. The minimum atomic E-state index is -1.37. The fraction of sp³-hybridized carbons (Fsp3) is 0.917. The van der Waals surface area contributed by atoms with Gasteiger partial charge in [-0.1, -0.05) is 55.8 Å². The molecule has 0 saturated heterocycles. The normalized spacial score (nSPS) is 25.6. The van der Waals surface area contributed by atoms with Gasteiger partial charge in [-0.2, -0.15) is 0 Å². The average molecular weight is 282 g/mol. The monoisotopic (exact) mass is 281 g/mol. The van der Waals surface area contributed by atoms with Gasteiger partial charge in [0.2, 0.25) is 0 Å². The standard InChI is InChI=1S/C12H21Cl2NO2/c1-2-3-8-12(13,14)11(17)15-9-6-4-5-7-10(9)16/h9-10,16H,2-8H2,1H3,(H,15,17)/t9-,10-/m1/s1. The third-order valence-electron chi connectivity index (χ3n) is 3.22. The van der Waals surface area contributed by atoms with E-state index in [1.54, 1.807) is 0 Å². The largest absolute Gasteiger partial charge is 0.391 e. The summed E-state index contributed by atoms with van der Waals surface area (Å²) in [5.41, 5.74) is 0. The third-order valence-corrected chi connectivity index (χ3v) is 3.94. The summed E-state index contributed by atoms with van der Waals surface area (Å²) in [5, 5.41) is 12.5. The zero-order chi connectivity index (χ0) is 12.9. The number of amides is 1. The van der Waals surface area contributed by atoms with Gasteiger partial charge < -0.3 is 10.4 Å². The van der Waals surface area contributed by atoms with Crippen LogP contribution in [-0.2, 0) is 4.79 Å². The lowest BCUT2D eigenvalue weighted by atomic mass is 9.92. The highest BCUT2D eigenvalue weighted by Gasteiger charge is 2.35. The lowest BCUT2D eigenvalue weighted by Crippen LogP contribution is -2.50. The molecule has 2 N–H and O–H groups in total. The van der Waals surface area contributed by atoms with Crippen LogP contribution in [-0.4, -0.2) is 27.5 Å². The first-order valence-corrected chi connectivity index (χ1v) is 7.10. The van der Waals surface area contributed by atoms with Gasteiger partial charge in [-0.05, 0) is 19.3 Å². The quantitative estimate of drug-likeness (QED) is 0.762. The topological polar surface area (TPSA) is 49.3 Å². The molecule has 5 heteroatoms. The second-order valence-electron chi connectivity index (χ2n) is 4.74. The third kappa shape index (κ3) is 4.65. The molecule has 0 aromatic carbocycles. The molecule has 0 aromatic heterocycles. The summed E-state index contributed by atoms with van der Waals surface area (Å²) in [6.45, 7) is 2.02. The van der Waals surface area contributed by atoms with Crippen LogP contribution in [0.4, 0.5) is 0 Å². The summed E-state index contributed by atoms with van der Waals surface area (Å²) >= 11 is 12.0. The van der Waals surface area contributed by atoms with Gasteiger partial charge in [0.05, 0.1) is 12.1 Å². The molecule has 1 aliphatic rings. The summed E-state index contributed by atoms with van der Waals surface area (Å²) in [7, 11) is 0. The van der Waals surface area contributed by atoms with Gasteiger partial charge >= 0.3 is 0 Å². The number of unbranched alkanes of at least 4 members (excludes halogenated alkanes) is 1. The van der Waals surface area contributed by atoms with Crippen LogP contribution in [0.5, 0.6) is 0 Å². The molecule has 0 aliphatic heterocycles. The Morgan fingerprint density at radius 2 is 2.06 bits per heavy atom. The van der Waals surface area contributed by atoms with Crippen LogP contribution in [0, 0.1) is 0 Å². The molecule has 1 saturated carbocycles. The first-order valence-electron chi connectivity index (χ1n) is 6.34. The molecule has 0 heterocycles. The number of aliphatic hydroxyl groups excluding tert-OH is 1. The number of halogens is 2. The Morgan fingerprint density at radius 1 is 1.41 bits per heavy atom. The molecule has 100 valence electrons. The van der Waals surface area contributed by atoms with E-state index >= 15 is 0 Å². The van der Waals surface area contributed by atoms with Crippen molar-refractivity contribution in [3.05, 3.63) is 0 Å². The highest BCUT2D eigenvalue weighted by Crippen LogP contribution is 2.29. The number of hydrogen-bond donors (Lipinski definition) is 2. The fourth-order valence-electron chi connectivity index (χ4n) is 2.07. The summed E-state index contributed by atoms with van der Waals surface area (Å²) < 4.78 is -1.37. The Labute approximate surface area is 113 Å². The van der Waals surface area contributed by atoms with Crippen molar-refractivity contribution in [3.8, 4) is 0 Å². The van der Waals surface area contributed by atoms with Crippen LogP contribution >= 0.6 is 23.2 Å². The van der Waals surface area contributed by atoms with E-state index in [4.69, 9.17) is 23.2 Å². The summed E-state index contributed by atoms with van der Waals surface area (Å²) in [5.74, 6) is -0.375. The van der Waals surface area contributed by atoms with E-state index in [0.29, 0.717) is 6.42 Å². The number of nitrogens with one attached hydrogen (secondary N) is 1. The van der Waals surface area contributed by atoms with Gasteiger partial charge in [-0.25, -0.2) is 0 Å². The Hall–Kier alpha value is 0.01000. The number of carbonyl (C=O) groups excluding carboxylic acids is 1. The highest BCUT2D eigenvalue weighted by molar-refractivity contribution is 6.58. The van der Waals surface area contributed by atoms with Crippen molar-refractivity contribution in [1.82, 2.24) is 5.32 Å². The second-order valence-corrected chi connectivity index (χ2v) is 6.22. The average Bonchev–Trinajstić information content (AvgIpc) is 2.29. The molecule has 0 radical (unpaired) electrons. The molecular weight excluding hydrogens is 261 g/mol. The number of hydrogen-bond acceptors (Lipinski definition) is 2. The molecule has 0 bridgehead atoms. The number of carbonyl (C=O) groups is 1. The van der Waals surface area contributed by atoms with Crippen LogP contribution in [0.15, 0.2) is 0 Å². The zero-order valence-corrected chi connectivity index (χ0v) is 11.7. The van der Waals surface area contributed by atoms with E-state index in [9.17, 15) is 9.90 Å². The molecule has 1 fully saturated rings. The van der Waals surface area contributed by atoms with Gasteiger partial charge in [0.1, 0.15) is 0 Å². The van der Waals surface area contributed by atoms with Crippen LogP contribution < -0.4 is 5.32 Å². The lowest BCUT2D eigenvalue weighted by molar-refractivity contribution is -0.123. The predicted molar refractivity (Wildman–Crippen MR) is 70.4 cm³/mol. The van der Waals surface area contributed by atoms with E-state index in [1.807, 2.05) is 6.92 Å². The van der Waals surface area contributed by atoms with Crippen LogP contribution in [0.2, 0.25) is 0 Å². The molecule has 3 nitrogen and oxygen atoms in total. The Balaban J connectivity index is 2.46. The second kappa shape index (κ2) is 6.81. The number of aliphatic hydroxyl groups is 1. The van der Waals surface area contributed by atoms with Crippen LogP contribution in [0.25, 0.3) is 0 Å². The molecule has 0 unspecified atom stereocenters. The van der Waals surface area contributed by atoms with Crippen molar-refractivity contribution in [3.63, 3.8) is 0 Å². The van der Waals surface area contributed by atoms with Crippen molar-refractivity contribution in [1.29, 1.82) is 0 Å². The van der Waals surface area contributed by atoms with Crippen molar-refractivity contribution >= 4 is 29.1 Å². The van der Waals surface area contributed by atoms with Gasteiger partial charge in [-0.15, -0.1) is 0 Å². The lowest BCUT2D eigenvalue weighted by Gasteiger charge is -2.30. The summed E-state index contributed by atoms with van der Waals surface area (Å²) in [6.07, 6.45) is 5.30. The molecule has 1 rings (SSSR count). The van der Waals surface area contributed by atoms with Gasteiger partial charge in [0, 0.05) is 0 Å². The molecule has 0 spiro atoms. The van der Waals surface area contributed by atoms with Crippen LogP contribution in [0.1, 0.15) is 51.9 Å². The van der Waals surface area contributed by atoms with Crippen molar-refractivity contribution in [2.45, 2.75) is 68.3 Å². The number of alkyl halides is 2. The van der Waals surface area contributed by atoms with Crippen molar-refractivity contribution in [2.75, 3.05) is 0 Å². The zero-order valence-electron chi connectivity index (χ0n) is 10.2. The number of rotatable bonds is 5. The highest BCUT2D eigenvalue weighted by atomic mass is 35.5. The Kier molecular flexibility index (Phi) is 6.04. The van der Waals surface area contributed by atoms with Crippen molar-refractivity contribution < 1.29 is 9.90 Å². The van der Waals surface area contributed by atoms with Gasteiger partial charge in [0.25, 0.3) is 5.91 Å². The Bertz CT molecular complexity index is 259. The van der Waals surface area contributed by atoms with E-state index < -0.39 is 10.4 Å². The van der Waals surface area contributed by atoms with Gasteiger partial charge in [0.15, 0.2) is 4.33 Å². The van der Waals surface area contributed by atoms with Crippen molar-refractivity contribution in [2.24, 2.45) is 0 Å². The maximum atomic E-state index is 11.9. The first-order chi connectivity index (χ1) is 7.97. The predicted octanol–water partition coefficient (Wildman–Crippen LogP) is 2.77. The van der Waals surface area contributed by atoms with Gasteiger partial charge in [-0.3, -0.25) is 4.79 Å². The fourth-order valence-corrected chi connectivity index (χ4v) is 2.44. The Morgan fingerprint density at radius 3 is 2.65 bits per heavy atom. The van der Waals surface area contributed by atoms with E-state index in [2.05, 4.69) is 5.32 Å². The maximum absolute atomic E-state index is 11.9. The molecule has 17 heavy (non-hydrogen) atoms. The van der Waals surface area contributed by atoms with E-state index in [0.717, 1.165) is 38.5 Å².